The molecule has 0 aliphatic heterocycles. The van der Waals surface area contributed by atoms with Gasteiger partial charge in [0, 0.05) is 37.8 Å². The van der Waals surface area contributed by atoms with Crippen molar-refractivity contribution in [3.63, 3.8) is 0 Å². The molecule has 11 heteroatoms. The van der Waals surface area contributed by atoms with Crippen LogP contribution in [0, 0.1) is 5.92 Å². The number of fused-ring (bicyclic) bond motifs is 2. The Morgan fingerprint density at radius 3 is 2.54 bits per heavy atom. The van der Waals surface area contributed by atoms with E-state index in [1.807, 2.05) is 7.05 Å². The normalized spacial score (nSPS) is 14.4. The highest BCUT2D eigenvalue weighted by Crippen LogP contribution is 2.43. The molecule has 5 aromatic rings. The van der Waals surface area contributed by atoms with Crippen molar-refractivity contribution in [1.29, 1.82) is 0 Å². The minimum Gasteiger partial charge on any atom is -0.493 e. The molecule has 0 unspecified atom stereocenters. The third-order valence-corrected chi connectivity index (χ3v) is 6.27. The summed E-state index contributed by atoms with van der Waals surface area (Å²) in [6, 6.07) is 5.21. The van der Waals surface area contributed by atoms with Crippen LogP contribution in [0.3, 0.4) is 0 Å². The monoisotopic (exact) mass is 472 g/mol. The van der Waals surface area contributed by atoms with Crippen LogP contribution in [0.5, 0.6) is 11.5 Å². The second-order valence-electron chi connectivity index (χ2n) is 8.65. The molecule has 0 saturated heterocycles. The number of methoxy groups -OCH3 is 2. The van der Waals surface area contributed by atoms with E-state index in [9.17, 15) is 4.79 Å². The van der Waals surface area contributed by atoms with E-state index < -0.39 is 0 Å². The molecule has 0 radical (unpaired) electrons. The molecule has 178 valence electrons. The van der Waals surface area contributed by atoms with Gasteiger partial charge in [-0.1, -0.05) is 0 Å². The van der Waals surface area contributed by atoms with Gasteiger partial charge in [-0.05, 0) is 24.8 Å². The van der Waals surface area contributed by atoms with Crippen LogP contribution >= 0.6 is 0 Å². The number of benzene rings is 1. The summed E-state index contributed by atoms with van der Waals surface area (Å²) in [6.07, 6.45) is 7.36. The topological polar surface area (TPSA) is 136 Å². The molecule has 0 spiro atoms. The van der Waals surface area contributed by atoms with E-state index in [0.717, 1.165) is 12.8 Å². The van der Waals surface area contributed by atoms with Gasteiger partial charge in [-0.3, -0.25) is 9.48 Å². The van der Waals surface area contributed by atoms with Crippen LogP contribution in [-0.4, -0.2) is 48.9 Å². The molecule has 3 N–H and O–H groups in total. The van der Waals surface area contributed by atoms with Gasteiger partial charge in [0.25, 0.3) is 5.56 Å². The van der Waals surface area contributed by atoms with Crippen LogP contribution in [0.4, 0.5) is 5.69 Å². The molecule has 11 nitrogen and oxygen atoms in total. The first-order chi connectivity index (χ1) is 17.1. The van der Waals surface area contributed by atoms with Crippen molar-refractivity contribution in [2.75, 3.05) is 19.5 Å². The van der Waals surface area contributed by atoms with E-state index in [1.54, 1.807) is 55.7 Å². The molecule has 1 fully saturated rings. The maximum Gasteiger partial charge on any atom is 0.261 e. The molecule has 0 amide bonds. The Balaban J connectivity index is 1.56. The molecule has 6 rings (SSSR count). The predicted octanol–water partition coefficient (Wildman–Crippen LogP) is 3.18. The Morgan fingerprint density at radius 1 is 1.09 bits per heavy atom. The second-order valence-corrected chi connectivity index (χ2v) is 8.65. The predicted molar refractivity (Wildman–Crippen MR) is 131 cm³/mol. The minimum absolute atomic E-state index is 0.161. The smallest absolute Gasteiger partial charge is 0.261 e. The lowest BCUT2D eigenvalue weighted by molar-refractivity contribution is 0.356. The maximum absolute atomic E-state index is 13.4. The van der Waals surface area contributed by atoms with Crippen molar-refractivity contribution in [3.05, 3.63) is 53.0 Å². The Kier molecular flexibility index (Phi) is 4.90. The number of H-pyrrole nitrogens is 2. The fourth-order valence-electron chi connectivity index (χ4n) is 4.45. The average molecular weight is 473 g/mol. The maximum atomic E-state index is 13.4. The van der Waals surface area contributed by atoms with E-state index in [0.29, 0.717) is 62.4 Å². The minimum atomic E-state index is -0.283. The largest absolute Gasteiger partial charge is 0.493 e. The number of hydrogen-bond donors (Lipinski definition) is 3. The molecule has 1 aliphatic rings. The summed E-state index contributed by atoms with van der Waals surface area (Å²) >= 11 is 0. The Bertz CT molecular complexity index is 1560. The first-order valence-corrected chi connectivity index (χ1v) is 11.3. The van der Waals surface area contributed by atoms with E-state index >= 15 is 0 Å². The van der Waals surface area contributed by atoms with Gasteiger partial charge in [0.2, 0.25) is 0 Å². The van der Waals surface area contributed by atoms with E-state index in [4.69, 9.17) is 14.5 Å². The number of aromatic nitrogens is 7. The number of aryl methyl sites for hydroxylation is 1. The van der Waals surface area contributed by atoms with Gasteiger partial charge in [-0.15, -0.1) is 0 Å². The van der Waals surface area contributed by atoms with E-state index in [2.05, 4.69) is 30.4 Å². The fourth-order valence-corrected chi connectivity index (χ4v) is 4.45. The highest BCUT2D eigenvalue weighted by Gasteiger charge is 2.36. The first-order valence-electron chi connectivity index (χ1n) is 11.3. The van der Waals surface area contributed by atoms with Crippen LogP contribution in [0.2, 0.25) is 0 Å². The molecule has 1 aliphatic carbocycles. The number of rotatable bonds is 7. The number of ether oxygens (including phenoxy) is 2. The lowest BCUT2D eigenvalue weighted by Gasteiger charge is -2.20. The SMILES string of the molecule is COc1cc2nc(-c3c(N[C@@H](c4ncccn4)C4CC4)c4nn(C)cc4[nH]c3=O)[nH]c2cc1OC. The van der Waals surface area contributed by atoms with Gasteiger partial charge >= 0.3 is 0 Å². The Labute approximate surface area is 199 Å². The van der Waals surface area contributed by atoms with Gasteiger partial charge in [0.05, 0.1) is 42.5 Å². The zero-order valence-corrected chi connectivity index (χ0v) is 19.5. The van der Waals surface area contributed by atoms with Crippen molar-refractivity contribution in [2.45, 2.75) is 18.9 Å². The lowest BCUT2D eigenvalue weighted by Crippen LogP contribution is -2.20. The Hall–Kier alpha value is -4.41. The standard InChI is InChI=1S/C24H24N8O3/c1-32-11-15-20(31-32)21(30-19(12-5-6-12)23-25-7-4-8-26-23)18(24(33)29-15)22-27-13-9-16(34-2)17(35-3)10-14(13)28-22/h4,7-12,19,30H,5-6H2,1-3H3,(H,27,28)(H,29,33)/t19-/m1/s1. The summed E-state index contributed by atoms with van der Waals surface area (Å²) in [4.78, 5) is 33.3. The summed E-state index contributed by atoms with van der Waals surface area (Å²) in [5, 5.41) is 8.22. The summed E-state index contributed by atoms with van der Waals surface area (Å²) in [6.45, 7) is 0. The number of pyridine rings is 1. The van der Waals surface area contributed by atoms with Crippen LogP contribution in [0.25, 0.3) is 33.5 Å². The summed E-state index contributed by atoms with van der Waals surface area (Å²) < 4.78 is 12.5. The highest BCUT2D eigenvalue weighted by molar-refractivity contribution is 5.97. The van der Waals surface area contributed by atoms with Crippen LogP contribution in [0.15, 0.2) is 41.6 Å². The van der Waals surface area contributed by atoms with Crippen molar-refractivity contribution < 1.29 is 9.47 Å². The van der Waals surface area contributed by atoms with E-state index in [-0.39, 0.29) is 11.6 Å². The zero-order valence-electron chi connectivity index (χ0n) is 19.5. The van der Waals surface area contributed by atoms with Crippen LogP contribution in [-0.2, 0) is 7.05 Å². The van der Waals surface area contributed by atoms with Crippen molar-refractivity contribution in [2.24, 2.45) is 13.0 Å². The first kappa shape index (κ1) is 21.1. The number of hydrogen-bond acceptors (Lipinski definition) is 8. The van der Waals surface area contributed by atoms with Crippen molar-refractivity contribution in [1.82, 2.24) is 34.7 Å². The molecule has 1 aromatic carbocycles. The van der Waals surface area contributed by atoms with Crippen LogP contribution < -0.4 is 20.3 Å². The zero-order chi connectivity index (χ0) is 24.1. The molecule has 0 bridgehead atoms. The van der Waals surface area contributed by atoms with Gasteiger partial charge < -0.3 is 24.8 Å². The summed E-state index contributed by atoms with van der Waals surface area (Å²) in [5.41, 5.74) is 3.31. The average Bonchev–Trinajstić information content (AvgIpc) is 3.51. The number of anilines is 1. The molecule has 4 aromatic heterocycles. The van der Waals surface area contributed by atoms with Gasteiger partial charge in [0.15, 0.2) is 17.3 Å². The van der Waals surface area contributed by atoms with Gasteiger partial charge in [-0.2, -0.15) is 5.10 Å². The van der Waals surface area contributed by atoms with Crippen molar-refractivity contribution >= 4 is 27.8 Å². The molecule has 35 heavy (non-hydrogen) atoms. The number of aromatic amines is 2. The van der Waals surface area contributed by atoms with E-state index in [1.165, 1.54) is 0 Å². The molecule has 1 saturated carbocycles. The second kappa shape index (κ2) is 8.12. The van der Waals surface area contributed by atoms with Crippen molar-refractivity contribution in [3.8, 4) is 22.9 Å². The number of imidazole rings is 1. The third kappa shape index (κ3) is 3.65. The quantitative estimate of drug-likeness (QED) is 0.329. The number of nitrogens with zero attached hydrogens (tertiary/aromatic N) is 5. The summed E-state index contributed by atoms with van der Waals surface area (Å²) in [7, 11) is 4.97. The van der Waals surface area contributed by atoms with Crippen LogP contribution in [0.1, 0.15) is 24.7 Å². The Morgan fingerprint density at radius 2 is 1.83 bits per heavy atom. The summed E-state index contributed by atoms with van der Waals surface area (Å²) in [5.74, 6) is 2.59. The fraction of sp³-hybridized carbons (Fsp3) is 0.292. The van der Waals surface area contributed by atoms with Gasteiger partial charge in [-0.25, -0.2) is 15.0 Å². The number of nitrogens with one attached hydrogen (secondary N) is 3. The third-order valence-electron chi connectivity index (χ3n) is 6.27. The lowest BCUT2D eigenvalue weighted by atomic mass is 10.1. The molecular formula is C24H24N8O3. The van der Waals surface area contributed by atoms with Gasteiger partial charge in [0.1, 0.15) is 16.9 Å². The molecular weight excluding hydrogens is 448 g/mol. The molecule has 4 heterocycles. The molecule has 1 atom stereocenters. The highest BCUT2D eigenvalue weighted by atomic mass is 16.5.